The van der Waals surface area contributed by atoms with Gasteiger partial charge in [0, 0.05) is 32.4 Å². The van der Waals surface area contributed by atoms with Crippen LogP contribution in [0.3, 0.4) is 0 Å². The third kappa shape index (κ3) is 3.35. The van der Waals surface area contributed by atoms with E-state index in [-0.39, 0.29) is 12.4 Å². The van der Waals surface area contributed by atoms with Crippen LogP contribution in [0.15, 0.2) is 28.8 Å². The lowest BCUT2D eigenvalue weighted by Gasteiger charge is -2.34. The van der Waals surface area contributed by atoms with Crippen molar-refractivity contribution < 1.29 is 17.6 Å². The van der Waals surface area contributed by atoms with Gasteiger partial charge in [-0.3, -0.25) is 4.90 Å². The number of aromatic nitrogens is 3. The van der Waals surface area contributed by atoms with Crippen LogP contribution in [0.1, 0.15) is 11.8 Å². The Morgan fingerprint density at radius 1 is 1.09 bits per heavy atom. The van der Waals surface area contributed by atoms with Crippen LogP contribution in [-0.4, -0.2) is 46.3 Å². The second-order valence-corrected chi connectivity index (χ2v) is 4.95. The second kappa shape index (κ2) is 5.91. The standard InChI is InChI=1S/C13H14F3N5O/c14-13(15,16)12-19-18-11(22-12)9-20-5-7-21(8-6-20)10-3-1-2-4-17-10/h1-4H,5-9H2. The number of hydrogen-bond acceptors (Lipinski definition) is 6. The van der Waals surface area contributed by atoms with Gasteiger partial charge in [-0.2, -0.15) is 13.2 Å². The molecule has 6 nitrogen and oxygen atoms in total. The van der Waals surface area contributed by atoms with E-state index in [0.717, 1.165) is 18.9 Å². The van der Waals surface area contributed by atoms with Crippen LogP contribution in [0.4, 0.5) is 19.0 Å². The summed E-state index contributed by atoms with van der Waals surface area (Å²) < 4.78 is 41.8. The minimum atomic E-state index is -4.59. The van der Waals surface area contributed by atoms with Crippen LogP contribution in [0.5, 0.6) is 0 Å². The van der Waals surface area contributed by atoms with Gasteiger partial charge in [0.2, 0.25) is 5.89 Å². The van der Waals surface area contributed by atoms with Gasteiger partial charge in [0.1, 0.15) is 5.82 Å². The van der Waals surface area contributed by atoms with Crippen molar-refractivity contribution >= 4 is 5.82 Å². The molecular formula is C13H14F3N5O. The van der Waals surface area contributed by atoms with E-state index in [2.05, 4.69) is 24.5 Å². The summed E-state index contributed by atoms with van der Waals surface area (Å²) in [6.45, 7) is 3.11. The summed E-state index contributed by atoms with van der Waals surface area (Å²) in [5.74, 6) is -0.410. The van der Waals surface area contributed by atoms with Gasteiger partial charge >= 0.3 is 12.1 Å². The summed E-state index contributed by atoms with van der Waals surface area (Å²) in [6.07, 6.45) is -2.86. The van der Waals surface area contributed by atoms with Crippen molar-refractivity contribution in [2.45, 2.75) is 12.7 Å². The summed E-state index contributed by atoms with van der Waals surface area (Å²) in [6, 6.07) is 5.71. The molecule has 3 rings (SSSR count). The number of halogens is 3. The molecule has 1 aliphatic rings. The highest BCUT2D eigenvalue weighted by Crippen LogP contribution is 2.28. The van der Waals surface area contributed by atoms with Crippen molar-refractivity contribution in [2.24, 2.45) is 0 Å². The van der Waals surface area contributed by atoms with Gasteiger partial charge in [-0.25, -0.2) is 4.98 Å². The summed E-state index contributed by atoms with van der Waals surface area (Å²) >= 11 is 0. The Balaban J connectivity index is 1.55. The molecule has 0 atom stereocenters. The predicted octanol–water partition coefficient (Wildman–Crippen LogP) is 1.81. The topological polar surface area (TPSA) is 58.3 Å². The first-order chi connectivity index (χ1) is 10.5. The number of nitrogens with zero attached hydrogens (tertiary/aromatic N) is 5. The summed E-state index contributed by atoms with van der Waals surface area (Å²) in [7, 11) is 0. The number of rotatable bonds is 3. The van der Waals surface area contributed by atoms with Crippen LogP contribution < -0.4 is 4.90 Å². The minimum Gasteiger partial charge on any atom is -0.416 e. The molecule has 118 valence electrons. The van der Waals surface area contributed by atoms with Gasteiger partial charge < -0.3 is 9.32 Å². The first-order valence-corrected chi connectivity index (χ1v) is 6.80. The zero-order chi connectivity index (χ0) is 15.6. The lowest BCUT2D eigenvalue weighted by atomic mass is 10.3. The average Bonchev–Trinajstić information content (AvgIpc) is 2.98. The highest BCUT2D eigenvalue weighted by Gasteiger charge is 2.38. The molecule has 0 N–H and O–H groups in total. The number of piperazine rings is 1. The molecule has 0 aromatic carbocycles. The van der Waals surface area contributed by atoms with Crippen LogP contribution in [0, 0.1) is 0 Å². The Kier molecular flexibility index (Phi) is 3.97. The first kappa shape index (κ1) is 14.8. The summed E-state index contributed by atoms with van der Waals surface area (Å²) in [4.78, 5) is 8.39. The van der Waals surface area contributed by atoms with E-state index < -0.39 is 12.1 Å². The fraction of sp³-hybridized carbons (Fsp3) is 0.462. The van der Waals surface area contributed by atoms with Gasteiger partial charge in [-0.15, -0.1) is 10.2 Å². The van der Waals surface area contributed by atoms with E-state index in [9.17, 15) is 13.2 Å². The Morgan fingerprint density at radius 2 is 1.86 bits per heavy atom. The molecule has 3 heterocycles. The molecule has 1 aliphatic heterocycles. The molecule has 0 bridgehead atoms. The van der Waals surface area contributed by atoms with E-state index in [1.807, 2.05) is 23.1 Å². The molecule has 1 saturated heterocycles. The number of anilines is 1. The first-order valence-electron chi connectivity index (χ1n) is 6.80. The lowest BCUT2D eigenvalue weighted by Crippen LogP contribution is -2.46. The summed E-state index contributed by atoms with van der Waals surface area (Å²) in [5.41, 5.74) is 0. The highest BCUT2D eigenvalue weighted by molar-refractivity contribution is 5.38. The third-order valence-electron chi connectivity index (χ3n) is 3.41. The molecule has 22 heavy (non-hydrogen) atoms. The normalized spacial score (nSPS) is 17.0. The number of pyridine rings is 1. The van der Waals surface area contributed by atoms with Crippen molar-refractivity contribution in [2.75, 3.05) is 31.1 Å². The molecule has 1 fully saturated rings. The smallest absolute Gasteiger partial charge is 0.416 e. The second-order valence-electron chi connectivity index (χ2n) is 4.95. The van der Waals surface area contributed by atoms with E-state index in [4.69, 9.17) is 0 Å². The summed E-state index contributed by atoms with van der Waals surface area (Å²) in [5, 5.41) is 6.48. The van der Waals surface area contributed by atoms with Gasteiger partial charge in [-0.05, 0) is 12.1 Å². The van der Waals surface area contributed by atoms with Crippen molar-refractivity contribution in [3.8, 4) is 0 Å². The van der Waals surface area contributed by atoms with Crippen LogP contribution in [-0.2, 0) is 12.7 Å². The van der Waals surface area contributed by atoms with Crippen molar-refractivity contribution in [1.82, 2.24) is 20.1 Å². The van der Waals surface area contributed by atoms with Crippen molar-refractivity contribution in [3.63, 3.8) is 0 Å². The van der Waals surface area contributed by atoms with Crippen LogP contribution in [0.25, 0.3) is 0 Å². The van der Waals surface area contributed by atoms with Gasteiger partial charge in [0.05, 0.1) is 6.54 Å². The molecule has 0 amide bonds. The van der Waals surface area contributed by atoms with Crippen molar-refractivity contribution in [3.05, 3.63) is 36.2 Å². The molecule has 9 heteroatoms. The minimum absolute atomic E-state index is 0.0152. The van der Waals surface area contributed by atoms with Crippen LogP contribution >= 0.6 is 0 Å². The van der Waals surface area contributed by atoms with Crippen molar-refractivity contribution in [1.29, 1.82) is 0 Å². The Morgan fingerprint density at radius 3 is 2.45 bits per heavy atom. The number of hydrogen-bond donors (Lipinski definition) is 0. The zero-order valence-electron chi connectivity index (χ0n) is 11.6. The molecule has 2 aromatic heterocycles. The molecular weight excluding hydrogens is 299 g/mol. The van der Waals surface area contributed by atoms with Gasteiger partial charge in [-0.1, -0.05) is 6.07 Å². The lowest BCUT2D eigenvalue weighted by molar-refractivity contribution is -0.157. The predicted molar refractivity (Wildman–Crippen MR) is 71.0 cm³/mol. The maximum absolute atomic E-state index is 12.4. The largest absolute Gasteiger partial charge is 0.470 e. The molecule has 0 radical (unpaired) electrons. The fourth-order valence-electron chi connectivity index (χ4n) is 2.30. The molecule has 2 aromatic rings. The SMILES string of the molecule is FC(F)(F)c1nnc(CN2CCN(c3ccccn3)CC2)o1. The highest BCUT2D eigenvalue weighted by atomic mass is 19.4. The van der Waals surface area contributed by atoms with E-state index in [1.54, 1.807) is 6.20 Å². The quantitative estimate of drug-likeness (QED) is 0.861. The zero-order valence-corrected chi connectivity index (χ0v) is 11.6. The molecule has 0 saturated carbocycles. The van der Waals surface area contributed by atoms with E-state index >= 15 is 0 Å². The van der Waals surface area contributed by atoms with Gasteiger partial charge in [0.15, 0.2) is 0 Å². The van der Waals surface area contributed by atoms with E-state index in [0.29, 0.717) is 13.1 Å². The molecule has 0 spiro atoms. The third-order valence-corrected chi connectivity index (χ3v) is 3.41. The Hall–Kier alpha value is -2.16. The average molecular weight is 313 g/mol. The Labute approximate surface area is 124 Å². The fourth-order valence-corrected chi connectivity index (χ4v) is 2.30. The van der Waals surface area contributed by atoms with Gasteiger partial charge in [0.25, 0.3) is 0 Å². The Bertz CT molecular complexity index is 608. The molecule has 0 unspecified atom stereocenters. The number of alkyl halides is 3. The monoisotopic (exact) mass is 313 g/mol. The van der Waals surface area contributed by atoms with Crippen LogP contribution in [0.2, 0.25) is 0 Å². The molecule has 0 aliphatic carbocycles. The maximum atomic E-state index is 12.4. The maximum Gasteiger partial charge on any atom is 0.470 e. The van der Waals surface area contributed by atoms with E-state index in [1.165, 1.54) is 0 Å².